The fraction of sp³-hybridized carbons (Fsp3) is 0.458. The number of alkyl carbamates (subject to hydrolysis) is 1. The highest BCUT2D eigenvalue weighted by Crippen LogP contribution is 2.43. The van der Waals surface area contributed by atoms with E-state index in [1.165, 1.54) is 6.33 Å². The molecule has 3 aromatic rings. The number of nitrogens with zero attached hydrogens (tertiary/aromatic N) is 3. The van der Waals surface area contributed by atoms with Crippen molar-refractivity contribution >= 4 is 22.9 Å². The van der Waals surface area contributed by atoms with Crippen LogP contribution in [0.1, 0.15) is 50.3 Å². The summed E-state index contributed by atoms with van der Waals surface area (Å²) >= 11 is 0. The van der Waals surface area contributed by atoms with Gasteiger partial charge in [0, 0.05) is 18.7 Å². The number of anilines is 1. The third-order valence-corrected chi connectivity index (χ3v) is 6.01. The summed E-state index contributed by atoms with van der Waals surface area (Å²) in [6, 6.07) is 9.39. The number of hydrogen-bond acceptors (Lipinski definition) is 7. The first kappa shape index (κ1) is 23.0. The Kier molecular flexibility index (Phi) is 6.27. The maximum Gasteiger partial charge on any atom is 0.407 e. The number of nitrogen functional groups attached to an aromatic ring is 1. The van der Waals surface area contributed by atoms with Crippen LogP contribution in [0, 0.1) is 0 Å². The molecule has 9 heteroatoms. The van der Waals surface area contributed by atoms with Crippen molar-refractivity contribution in [2.24, 2.45) is 0 Å². The fourth-order valence-electron chi connectivity index (χ4n) is 4.48. The van der Waals surface area contributed by atoms with Gasteiger partial charge in [-0.15, -0.1) is 0 Å². The second kappa shape index (κ2) is 8.99. The molecule has 0 unspecified atom stereocenters. The Morgan fingerprint density at radius 3 is 2.79 bits per heavy atom. The lowest BCUT2D eigenvalue weighted by atomic mass is 9.93. The number of hydrogen-bond donors (Lipinski definition) is 4. The van der Waals surface area contributed by atoms with Gasteiger partial charge in [0.25, 0.3) is 0 Å². The molecule has 2 heterocycles. The zero-order chi connectivity index (χ0) is 23.8. The van der Waals surface area contributed by atoms with Crippen LogP contribution in [0.2, 0.25) is 0 Å². The van der Waals surface area contributed by atoms with E-state index in [4.69, 9.17) is 10.5 Å². The number of aliphatic hydroxyl groups excluding tert-OH is 2. The Labute approximate surface area is 192 Å². The van der Waals surface area contributed by atoms with Crippen molar-refractivity contribution in [3.05, 3.63) is 54.0 Å². The molecule has 1 saturated carbocycles. The maximum absolute atomic E-state index is 11.9. The Morgan fingerprint density at radius 2 is 2.03 bits per heavy atom. The quantitative estimate of drug-likeness (QED) is 0.466. The van der Waals surface area contributed by atoms with Crippen molar-refractivity contribution in [1.82, 2.24) is 19.9 Å². The van der Waals surface area contributed by atoms with Gasteiger partial charge >= 0.3 is 6.09 Å². The van der Waals surface area contributed by atoms with E-state index in [0.29, 0.717) is 30.9 Å². The van der Waals surface area contributed by atoms with Gasteiger partial charge in [0.2, 0.25) is 0 Å². The van der Waals surface area contributed by atoms with Gasteiger partial charge in [0.1, 0.15) is 29.5 Å². The van der Waals surface area contributed by atoms with Crippen molar-refractivity contribution < 1.29 is 19.7 Å². The summed E-state index contributed by atoms with van der Waals surface area (Å²) < 4.78 is 7.13. The molecule has 0 radical (unpaired) electrons. The molecule has 1 aliphatic rings. The molecule has 2 aromatic heterocycles. The van der Waals surface area contributed by atoms with Crippen molar-refractivity contribution in [2.45, 2.75) is 63.4 Å². The van der Waals surface area contributed by atoms with Crippen molar-refractivity contribution in [1.29, 1.82) is 0 Å². The van der Waals surface area contributed by atoms with E-state index >= 15 is 0 Å². The van der Waals surface area contributed by atoms with E-state index in [-0.39, 0.29) is 12.0 Å². The molecule has 0 bridgehead atoms. The summed E-state index contributed by atoms with van der Waals surface area (Å²) in [7, 11) is 0. The van der Waals surface area contributed by atoms with Crippen LogP contribution in [0.3, 0.4) is 0 Å². The number of ether oxygens (including phenoxy) is 1. The Hall–Kier alpha value is -3.17. The van der Waals surface area contributed by atoms with Crippen molar-refractivity contribution in [2.75, 3.05) is 12.3 Å². The van der Waals surface area contributed by atoms with Gasteiger partial charge in [0.05, 0.1) is 17.5 Å². The molecular formula is C24H31N5O4. The molecule has 0 aliphatic heterocycles. The molecule has 0 spiro atoms. The van der Waals surface area contributed by atoms with E-state index in [1.54, 1.807) is 0 Å². The third kappa shape index (κ3) is 4.94. The summed E-state index contributed by atoms with van der Waals surface area (Å²) in [6.45, 7) is 5.91. The Bertz CT molecular complexity index is 1140. The van der Waals surface area contributed by atoms with E-state index in [1.807, 2.05) is 61.9 Å². The highest BCUT2D eigenvalue weighted by atomic mass is 16.6. The molecule has 1 aromatic carbocycles. The number of aromatic nitrogens is 3. The van der Waals surface area contributed by atoms with Gasteiger partial charge < -0.3 is 30.6 Å². The first-order valence-corrected chi connectivity index (χ1v) is 11.1. The number of amides is 1. The number of aliphatic hydroxyl groups is 2. The van der Waals surface area contributed by atoms with Crippen LogP contribution < -0.4 is 11.1 Å². The molecule has 1 aliphatic carbocycles. The highest BCUT2D eigenvalue weighted by Gasteiger charge is 2.43. The average Bonchev–Trinajstić information content (AvgIpc) is 3.29. The maximum atomic E-state index is 11.9. The van der Waals surface area contributed by atoms with Crippen LogP contribution >= 0.6 is 0 Å². The fourth-order valence-corrected chi connectivity index (χ4v) is 4.48. The standard InChI is InChI=1S/C24H31N5O4/c1-24(2,3)33-23(32)26-9-7-14-5-4-6-15(11-14)17-12-18(20(31)19(17)30)29-10-8-16-21(25)27-13-28-22(16)29/h4-6,8,10-11,13,17-20,30-31H,7,9,12H2,1-3H3,(H,26,32)(H2,25,27,28)/t17-,18-,19-,20+/m1/s1. The third-order valence-electron chi connectivity index (χ3n) is 6.01. The van der Waals surface area contributed by atoms with Crippen LogP contribution in [0.15, 0.2) is 42.9 Å². The number of carbonyl (C=O) groups excluding carboxylic acids is 1. The SMILES string of the molecule is CC(C)(C)OC(=O)NCCc1cccc([C@H]2C[C@@H](n3ccc4c(N)ncnc43)[C@H](O)[C@@H]2O)c1. The normalized spacial score (nSPS) is 23.1. The Balaban J connectivity index is 1.46. The van der Waals surface area contributed by atoms with Gasteiger partial charge in [-0.05, 0) is 50.8 Å². The minimum Gasteiger partial charge on any atom is -0.444 e. The van der Waals surface area contributed by atoms with E-state index in [0.717, 1.165) is 16.5 Å². The first-order valence-electron chi connectivity index (χ1n) is 11.1. The molecule has 0 saturated heterocycles. The summed E-state index contributed by atoms with van der Waals surface area (Å²) in [5.41, 5.74) is 8.02. The molecule has 33 heavy (non-hydrogen) atoms. The lowest BCUT2D eigenvalue weighted by Gasteiger charge is -2.20. The van der Waals surface area contributed by atoms with E-state index in [9.17, 15) is 15.0 Å². The molecule has 4 atom stereocenters. The smallest absolute Gasteiger partial charge is 0.407 e. The summed E-state index contributed by atoms with van der Waals surface area (Å²) in [5, 5.41) is 25.2. The van der Waals surface area contributed by atoms with Crippen molar-refractivity contribution in [3.8, 4) is 0 Å². The van der Waals surface area contributed by atoms with Gasteiger partial charge in [0.15, 0.2) is 0 Å². The summed E-state index contributed by atoms with van der Waals surface area (Å²) in [4.78, 5) is 20.2. The van der Waals surface area contributed by atoms with Crippen LogP contribution in [-0.4, -0.2) is 55.2 Å². The number of rotatable bonds is 5. The number of carbonyl (C=O) groups is 1. The zero-order valence-electron chi connectivity index (χ0n) is 19.1. The summed E-state index contributed by atoms with van der Waals surface area (Å²) in [6.07, 6.45) is 2.10. The van der Waals surface area contributed by atoms with Gasteiger partial charge in [-0.25, -0.2) is 14.8 Å². The van der Waals surface area contributed by atoms with Crippen LogP contribution in [0.4, 0.5) is 10.6 Å². The minimum atomic E-state index is -0.945. The predicted octanol–water partition coefficient (Wildman–Crippen LogP) is 2.53. The van der Waals surface area contributed by atoms with Gasteiger partial charge in [-0.2, -0.15) is 0 Å². The van der Waals surface area contributed by atoms with Gasteiger partial charge in [-0.1, -0.05) is 24.3 Å². The van der Waals surface area contributed by atoms with E-state index in [2.05, 4.69) is 15.3 Å². The van der Waals surface area contributed by atoms with Crippen LogP contribution in [0.25, 0.3) is 11.0 Å². The largest absolute Gasteiger partial charge is 0.444 e. The monoisotopic (exact) mass is 453 g/mol. The molecule has 176 valence electrons. The van der Waals surface area contributed by atoms with Gasteiger partial charge in [-0.3, -0.25) is 0 Å². The lowest BCUT2D eigenvalue weighted by molar-refractivity contribution is 0.0179. The molecule has 1 amide bonds. The molecule has 4 rings (SSSR count). The number of nitrogens with one attached hydrogen (secondary N) is 1. The average molecular weight is 454 g/mol. The van der Waals surface area contributed by atoms with E-state index < -0.39 is 23.9 Å². The molecule has 9 nitrogen and oxygen atoms in total. The topological polar surface area (TPSA) is 136 Å². The number of benzene rings is 1. The number of fused-ring (bicyclic) bond motifs is 1. The second-order valence-electron chi connectivity index (χ2n) is 9.53. The molecule has 5 N–H and O–H groups in total. The molecular weight excluding hydrogens is 422 g/mol. The zero-order valence-corrected chi connectivity index (χ0v) is 19.1. The first-order chi connectivity index (χ1) is 15.6. The van der Waals surface area contributed by atoms with Crippen LogP contribution in [-0.2, 0) is 11.2 Å². The molecule has 1 fully saturated rings. The number of nitrogens with two attached hydrogens (primary N) is 1. The lowest BCUT2D eigenvalue weighted by Crippen LogP contribution is -2.33. The van der Waals surface area contributed by atoms with Crippen molar-refractivity contribution in [3.63, 3.8) is 0 Å². The second-order valence-corrected chi connectivity index (χ2v) is 9.53. The predicted molar refractivity (Wildman–Crippen MR) is 125 cm³/mol. The Morgan fingerprint density at radius 1 is 1.24 bits per heavy atom. The summed E-state index contributed by atoms with van der Waals surface area (Å²) in [5.74, 6) is 0.149. The van der Waals surface area contributed by atoms with Crippen LogP contribution in [0.5, 0.6) is 0 Å². The minimum absolute atomic E-state index is 0.236. The highest BCUT2D eigenvalue weighted by molar-refractivity contribution is 5.86.